The first-order valence-corrected chi connectivity index (χ1v) is 5.27. The van der Waals surface area contributed by atoms with E-state index in [0.29, 0.717) is 6.04 Å². The average Bonchev–Trinajstić information content (AvgIpc) is 2.16. The SMILES string of the molecule is C=CCNCCN(CCOC)C(C)C. The van der Waals surface area contributed by atoms with Crippen LogP contribution in [0, 0.1) is 0 Å². The summed E-state index contributed by atoms with van der Waals surface area (Å²) in [5.41, 5.74) is 0. The van der Waals surface area contributed by atoms with Crippen LogP contribution in [-0.2, 0) is 4.74 Å². The van der Waals surface area contributed by atoms with E-state index in [1.807, 2.05) is 6.08 Å². The monoisotopic (exact) mass is 200 g/mol. The Bertz CT molecular complexity index is 137. The maximum absolute atomic E-state index is 5.07. The van der Waals surface area contributed by atoms with Crippen molar-refractivity contribution in [3.63, 3.8) is 0 Å². The Kier molecular flexibility index (Phi) is 8.94. The van der Waals surface area contributed by atoms with E-state index in [0.717, 1.165) is 32.8 Å². The summed E-state index contributed by atoms with van der Waals surface area (Å²) in [6.07, 6.45) is 1.88. The summed E-state index contributed by atoms with van der Waals surface area (Å²) in [6.45, 7) is 12.9. The van der Waals surface area contributed by atoms with Gasteiger partial charge in [0.05, 0.1) is 6.61 Å². The summed E-state index contributed by atoms with van der Waals surface area (Å²) in [5, 5.41) is 3.30. The number of rotatable bonds is 9. The van der Waals surface area contributed by atoms with Crippen LogP contribution in [-0.4, -0.2) is 50.8 Å². The van der Waals surface area contributed by atoms with E-state index in [-0.39, 0.29) is 0 Å². The van der Waals surface area contributed by atoms with Crippen LogP contribution in [0.25, 0.3) is 0 Å². The Morgan fingerprint density at radius 2 is 2.14 bits per heavy atom. The highest BCUT2D eigenvalue weighted by Crippen LogP contribution is 1.96. The van der Waals surface area contributed by atoms with Gasteiger partial charge >= 0.3 is 0 Å². The Morgan fingerprint density at radius 1 is 1.43 bits per heavy atom. The molecule has 0 spiro atoms. The topological polar surface area (TPSA) is 24.5 Å². The molecule has 0 atom stereocenters. The maximum Gasteiger partial charge on any atom is 0.0589 e. The van der Waals surface area contributed by atoms with Crippen LogP contribution >= 0.6 is 0 Å². The van der Waals surface area contributed by atoms with Crippen molar-refractivity contribution in [2.24, 2.45) is 0 Å². The molecule has 0 fully saturated rings. The molecular formula is C11H24N2O. The zero-order chi connectivity index (χ0) is 10.8. The van der Waals surface area contributed by atoms with Gasteiger partial charge in [0.1, 0.15) is 0 Å². The van der Waals surface area contributed by atoms with E-state index in [4.69, 9.17) is 4.74 Å². The molecule has 14 heavy (non-hydrogen) atoms. The normalized spacial score (nSPS) is 11.2. The van der Waals surface area contributed by atoms with Gasteiger partial charge in [0.15, 0.2) is 0 Å². The van der Waals surface area contributed by atoms with Crippen LogP contribution in [0.5, 0.6) is 0 Å². The summed E-state index contributed by atoms with van der Waals surface area (Å²) in [7, 11) is 1.74. The molecule has 0 amide bonds. The van der Waals surface area contributed by atoms with Crippen molar-refractivity contribution in [2.75, 3.05) is 39.9 Å². The zero-order valence-corrected chi connectivity index (χ0v) is 9.75. The van der Waals surface area contributed by atoms with Gasteiger partial charge in [-0.3, -0.25) is 4.90 Å². The minimum Gasteiger partial charge on any atom is -0.383 e. The predicted molar refractivity (Wildman–Crippen MR) is 61.7 cm³/mol. The van der Waals surface area contributed by atoms with Crippen LogP contribution in [0.15, 0.2) is 12.7 Å². The lowest BCUT2D eigenvalue weighted by Crippen LogP contribution is -2.39. The fourth-order valence-corrected chi connectivity index (χ4v) is 1.26. The van der Waals surface area contributed by atoms with Gasteiger partial charge in [-0.15, -0.1) is 6.58 Å². The van der Waals surface area contributed by atoms with Gasteiger partial charge in [0.25, 0.3) is 0 Å². The van der Waals surface area contributed by atoms with Gasteiger partial charge in [-0.25, -0.2) is 0 Å². The number of hydrogen-bond donors (Lipinski definition) is 1. The highest BCUT2D eigenvalue weighted by molar-refractivity contribution is 4.71. The molecule has 0 saturated carbocycles. The van der Waals surface area contributed by atoms with E-state index in [1.165, 1.54) is 0 Å². The fourth-order valence-electron chi connectivity index (χ4n) is 1.26. The average molecular weight is 200 g/mol. The zero-order valence-electron chi connectivity index (χ0n) is 9.75. The second-order valence-corrected chi connectivity index (χ2v) is 3.62. The minimum absolute atomic E-state index is 0.579. The molecule has 0 aromatic carbocycles. The Balaban J connectivity index is 3.56. The van der Waals surface area contributed by atoms with E-state index >= 15 is 0 Å². The third-order valence-corrected chi connectivity index (χ3v) is 2.18. The van der Waals surface area contributed by atoms with E-state index in [1.54, 1.807) is 7.11 Å². The van der Waals surface area contributed by atoms with Crippen molar-refractivity contribution in [2.45, 2.75) is 19.9 Å². The van der Waals surface area contributed by atoms with Gasteiger partial charge in [-0.1, -0.05) is 6.08 Å². The molecule has 0 heterocycles. The first-order chi connectivity index (χ1) is 6.72. The lowest BCUT2D eigenvalue weighted by atomic mass is 10.3. The smallest absolute Gasteiger partial charge is 0.0589 e. The van der Waals surface area contributed by atoms with Gasteiger partial charge in [-0.2, -0.15) is 0 Å². The van der Waals surface area contributed by atoms with Crippen molar-refractivity contribution < 1.29 is 4.74 Å². The molecule has 0 aliphatic rings. The van der Waals surface area contributed by atoms with Crippen molar-refractivity contribution in [1.82, 2.24) is 10.2 Å². The van der Waals surface area contributed by atoms with E-state index < -0.39 is 0 Å². The third kappa shape index (κ3) is 7.06. The molecule has 3 nitrogen and oxygen atoms in total. The maximum atomic E-state index is 5.07. The van der Waals surface area contributed by atoms with Crippen LogP contribution in [0.4, 0.5) is 0 Å². The van der Waals surface area contributed by atoms with Gasteiger partial charge < -0.3 is 10.1 Å². The van der Waals surface area contributed by atoms with Crippen LogP contribution in [0.1, 0.15) is 13.8 Å². The first-order valence-electron chi connectivity index (χ1n) is 5.27. The summed E-state index contributed by atoms with van der Waals surface area (Å²) in [5.74, 6) is 0. The number of hydrogen-bond acceptors (Lipinski definition) is 3. The van der Waals surface area contributed by atoms with Crippen molar-refractivity contribution in [3.05, 3.63) is 12.7 Å². The lowest BCUT2D eigenvalue weighted by Gasteiger charge is -2.26. The molecule has 0 unspecified atom stereocenters. The Morgan fingerprint density at radius 3 is 2.64 bits per heavy atom. The summed E-state index contributed by atoms with van der Waals surface area (Å²) < 4.78 is 5.07. The Labute approximate surface area is 88.1 Å². The number of nitrogens with zero attached hydrogens (tertiary/aromatic N) is 1. The van der Waals surface area contributed by atoms with Gasteiger partial charge in [0.2, 0.25) is 0 Å². The van der Waals surface area contributed by atoms with Crippen LogP contribution in [0.3, 0.4) is 0 Å². The van der Waals surface area contributed by atoms with Crippen molar-refractivity contribution >= 4 is 0 Å². The minimum atomic E-state index is 0.579. The quantitative estimate of drug-likeness (QED) is 0.446. The highest BCUT2D eigenvalue weighted by Gasteiger charge is 2.07. The molecule has 0 saturated heterocycles. The van der Waals surface area contributed by atoms with E-state index in [2.05, 4.69) is 30.6 Å². The molecule has 0 aliphatic heterocycles. The molecule has 3 heteroatoms. The van der Waals surface area contributed by atoms with Crippen LogP contribution in [0.2, 0.25) is 0 Å². The molecule has 0 radical (unpaired) electrons. The first kappa shape index (κ1) is 13.6. The number of ether oxygens (including phenoxy) is 1. The number of methoxy groups -OCH3 is 1. The molecule has 1 N–H and O–H groups in total. The molecule has 0 bridgehead atoms. The summed E-state index contributed by atoms with van der Waals surface area (Å²) in [6, 6.07) is 0.579. The lowest BCUT2D eigenvalue weighted by molar-refractivity contribution is 0.130. The molecule has 84 valence electrons. The van der Waals surface area contributed by atoms with Gasteiger partial charge in [-0.05, 0) is 13.8 Å². The van der Waals surface area contributed by atoms with Gasteiger partial charge in [0, 0.05) is 39.3 Å². The molecule has 0 aromatic heterocycles. The fraction of sp³-hybridized carbons (Fsp3) is 0.818. The summed E-state index contributed by atoms with van der Waals surface area (Å²) in [4.78, 5) is 2.40. The predicted octanol–water partition coefficient (Wildman–Crippen LogP) is 1.12. The van der Waals surface area contributed by atoms with Crippen molar-refractivity contribution in [1.29, 1.82) is 0 Å². The van der Waals surface area contributed by atoms with Crippen molar-refractivity contribution in [3.8, 4) is 0 Å². The second-order valence-electron chi connectivity index (χ2n) is 3.62. The largest absolute Gasteiger partial charge is 0.383 e. The van der Waals surface area contributed by atoms with E-state index in [9.17, 15) is 0 Å². The Hall–Kier alpha value is -0.380. The molecule has 0 aliphatic carbocycles. The third-order valence-electron chi connectivity index (χ3n) is 2.18. The molecule has 0 aromatic rings. The molecular weight excluding hydrogens is 176 g/mol. The highest BCUT2D eigenvalue weighted by atomic mass is 16.5. The number of nitrogens with one attached hydrogen (secondary N) is 1. The molecule has 0 rings (SSSR count). The van der Waals surface area contributed by atoms with Crippen LogP contribution < -0.4 is 5.32 Å². The summed E-state index contributed by atoms with van der Waals surface area (Å²) >= 11 is 0. The second kappa shape index (κ2) is 9.19. The standard InChI is InChI=1S/C11H24N2O/c1-5-6-12-7-8-13(11(2)3)9-10-14-4/h5,11-12H,1,6-10H2,2-4H3.